The van der Waals surface area contributed by atoms with Crippen molar-refractivity contribution in [3.05, 3.63) is 89.1 Å². The fourth-order valence-corrected chi connectivity index (χ4v) is 3.58. The van der Waals surface area contributed by atoms with Crippen molar-refractivity contribution in [1.29, 1.82) is 0 Å². The average molecular weight is 408 g/mol. The van der Waals surface area contributed by atoms with Gasteiger partial charge in [-0.05, 0) is 42.0 Å². The Bertz CT molecular complexity index is 955. The van der Waals surface area contributed by atoms with Crippen molar-refractivity contribution in [1.82, 2.24) is 9.88 Å². The number of nitrogens with zero attached hydrogens (tertiary/aromatic N) is 3. The summed E-state index contributed by atoms with van der Waals surface area (Å²) in [5.41, 5.74) is 1.72. The van der Waals surface area contributed by atoms with Crippen LogP contribution in [0.1, 0.15) is 15.9 Å². The molecule has 0 spiro atoms. The van der Waals surface area contributed by atoms with Gasteiger partial charge in [-0.15, -0.1) is 0 Å². The summed E-state index contributed by atoms with van der Waals surface area (Å²) >= 11 is 6.24. The molecule has 6 heteroatoms. The zero-order chi connectivity index (χ0) is 20.1. The number of hydrogen-bond acceptors (Lipinski definition) is 4. The SMILES string of the molecule is O=C(c1ccc(COc2ccccc2)cc1)N1CCN(c2ncccc2Cl)CC1. The summed E-state index contributed by atoms with van der Waals surface area (Å²) in [6.07, 6.45) is 1.74. The number of carbonyl (C=O) groups excluding carboxylic acids is 1. The molecule has 0 radical (unpaired) electrons. The number of pyridine rings is 1. The fourth-order valence-electron chi connectivity index (χ4n) is 3.34. The van der Waals surface area contributed by atoms with E-state index in [0.717, 1.165) is 17.1 Å². The number of benzene rings is 2. The van der Waals surface area contributed by atoms with E-state index in [1.165, 1.54) is 0 Å². The average Bonchev–Trinajstić information content (AvgIpc) is 2.79. The molecule has 0 bridgehead atoms. The number of hydrogen-bond donors (Lipinski definition) is 0. The van der Waals surface area contributed by atoms with Gasteiger partial charge in [-0.25, -0.2) is 4.98 Å². The quantitative estimate of drug-likeness (QED) is 0.633. The van der Waals surface area contributed by atoms with Crippen molar-refractivity contribution in [2.75, 3.05) is 31.1 Å². The fraction of sp³-hybridized carbons (Fsp3) is 0.217. The van der Waals surface area contributed by atoms with Gasteiger partial charge in [0, 0.05) is 37.9 Å². The predicted octanol–water partition coefficient (Wildman–Crippen LogP) is 4.28. The zero-order valence-corrected chi connectivity index (χ0v) is 16.8. The Labute approximate surface area is 175 Å². The van der Waals surface area contributed by atoms with Gasteiger partial charge in [0.05, 0.1) is 5.02 Å². The molecule has 1 aliphatic rings. The summed E-state index contributed by atoms with van der Waals surface area (Å²) in [5.74, 6) is 1.66. The van der Waals surface area contributed by atoms with Crippen molar-refractivity contribution in [2.45, 2.75) is 6.61 Å². The van der Waals surface area contributed by atoms with Gasteiger partial charge in [0.15, 0.2) is 0 Å². The first-order chi connectivity index (χ1) is 14.2. The van der Waals surface area contributed by atoms with Crippen molar-refractivity contribution >= 4 is 23.3 Å². The highest BCUT2D eigenvalue weighted by atomic mass is 35.5. The smallest absolute Gasteiger partial charge is 0.253 e. The van der Waals surface area contributed by atoms with Crippen LogP contribution in [0.4, 0.5) is 5.82 Å². The molecule has 148 valence electrons. The number of piperazine rings is 1. The van der Waals surface area contributed by atoms with Gasteiger partial charge in [0.1, 0.15) is 18.2 Å². The molecule has 2 aromatic carbocycles. The largest absolute Gasteiger partial charge is 0.489 e. The number of aromatic nitrogens is 1. The minimum absolute atomic E-state index is 0.0484. The van der Waals surface area contributed by atoms with E-state index in [1.807, 2.05) is 71.6 Å². The van der Waals surface area contributed by atoms with E-state index in [4.69, 9.17) is 16.3 Å². The Morgan fingerprint density at radius 3 is 2.34 bits per heavy atom. The van der Waals surface area contributed by atoms with Crippen molar-refractivity contribution < 1.29 is 9.53 Å². The van der Waals surface area contributed by atoms with Crippen LogP contribution in [0.3, 0.4) is 0 Å². The molecular weight excluding hydrogens is 386 g/mol. The summed E-state index contributed by atoms with van der Waals surface area (Å²) < 4.78 is 5.75. The number of ether oxygens (including phenoxy) is 1. The summed E-state index contributed by atoms with van der Waals surface area (Å²) in [6, 6.07) is 21.0. The second-order valence-corrected chi connectivity index (χ2v) is 7.29. The lowest BCUT2D eigenvalue weighted by Gasteiger charge is -2.35. The Morgan fingerprint density at radius 2 is 1.66 bits per heavy atom. The van der Waals surface area contributed by atoms with E-state index in [2.05, 4.69) is 9.88 Å². The molecule has 0 N–H and O–H groups in total. The molecule has 0 unspecified atom stereocenters. The highest BCUT2D eigenvalue weighted by molar-refractivity contribution is 6.32. The van der Waals surface area contributed by atoms with Crippen LogP contribution in [0.15, 0.2) is 72.9 Å². The lowest BCUT2D eigenvalue weighted by Crippen LogP contribution is -2.49. The molecule has 2 heterocycles. The van der Waals surface area contributed by atoms with Crippen molar-refractivity contribution in [2.24, 2.45) is 0 Å². The molecule has 0 saturated carbocycles. The molecule has 1 saturated heterocycles. The third kappa shape index (κ3) is 4.69. The Balaban J connectivity index is 1.32. The maximum Gasteiger partial charge on any atom is 0.253 e. The van der Waals surface area contributed by atoms with E-state index in [0.29, 0.717) is 43.4 Å². The van der Waals surface area contributed by atoms with Crippen LogP contribution in [-0.2, 0) is 6.61 Å². The van der Waals surface area contributed by atoms with Crippen LogP contribution in [0.25, 0.3) is 0 Å². The number of rotatable bonds is 5. The molecule has 0 aliphatic carbocycles. The Hall–Kier alpha value is -3.05. The van der Waals surface area contributed by atoms with Crippen molar-refractivity contribution in [3.63, 3.8) is 0 Å². The first kappa shape index (κ1) is 19.3. The van der Waals surface area contributed by atoms with Crippen molar-refractivity contribution in [3.8, 4) is 5.75 Å². The molecular formula is C23H22ClN3O2. The lowest BCUT2D eigenvalue weighted by molar-refractivity contribution is 0.0746. The summed E-state index contributed by atoms with van der Waals surface area (Å²) in [6.45, 7) is 3.19. The predicted molar refractivity (Wildman–Crippen MR) is 115 cm³/mol. The molecule has 3 aromatic rings. The van der Waals surface area contributed by atoms with E-state index in [1.54, 1.807) is 6.20 Å². The van der Waals surface area contributed by atoms with Crippen LogP contribution in [0, 0.1) is 0 Å². The van der Waals surface area contributed by atoms with Gasteiger partial charge in [-0.2, -0.15) is 0 Å². The van der Waals surface area contributed by atoms with Crippen LogP contribution >= 0.6 is 11.6 Å². The van der Waals surface area contributed by atoms with Gasteiger partial charge < -0.3 is 14.5 Å². The molecule has 29 heavy (non-hydrogen) atoms. The van der Waals surface area contributed by atoms with E-state index in [9.17, 15) is 4.79 Å². The Morgan fingerprint density at radius 1 is 0.931 bits per heavy atom. The maximum atomic E-state index is 12.8. The minimum Gasteiger partial charge on any atom is -0.489 e. The molecule has 1 fully saturated rings. The highest BCUT2D eigenvalue weighted by Gasteiger charge is 2.23. The molecule has 1 aliphatic heterocycles. The third-order valence-electron chi connectivity index (χ3n) is 4.96. The topological polar surface area (TPSA) is 45.7 Å². The lowest BCUT2D eigenvalue weighted by atomic mass is 10.1. The van der Waals surface area contributed by atoms with Gasteiger partial charge in [0.25, 0.3) is 5.91 Å². The molecule has 1 aromatic heterocycles. The summed E-state index contributed by atoms with van der Waals surface area (Å²) in [7, 11) is 0. The second-order valence-electron chi connectivity index (χ2n) is 6.89. The van der Waals surface area contributed by atoms with Crippen LogP contribution < -0.4 is 9.64 Å². The van der Waals surface area contributed by atoms with Crippen LogP contribution in [0.2, 0.25) is 5.02 Å². The third-order valence-corrected chi connectivity index (χ3v) is 5.25. The number of amides is 1. The van der Waals surface area contributed by atoms with Gasteiger partial charge in [0.2, 0.25) is 0 Å². The van der Waals surface area contributed by atoms with Crippen LogP contribution in [-0.4, -0.2) is 42.0 Å². The molecule has 4 rings (SSSR count). The Kier molecular flexibility index (Phi) is 5.96. The maximum absolute atomic E-state index is 12.8. The number of carbonyl (C=O) groups is 1. The number of para-hydroxylation sites is 1. The second kappa shape index (κ2) is 8.97. The number of anilines is 1. The molecule has 0 atom stereocenters. The molecule has 1 amide bonds. The highest BCUT2D eigenvalue weighted by Crippen LogP contribution is 2.23. The first-order valence-corrected chi connectivity index (χ1v) is 10.00. The van der Waals surface area contributed by atoms with Gasteiger partial charge in [-0.3, -0.25) is 4.79 Å². The van der Waals surface area contributed by atoms with E-state index >= 15 is 0 Å². The standard InChI is InChI=1S/C23H22ClN3O2/c24-21-7-4-12-25-22(21)26-13-15-27(16-14-26)23(28)19-10-8-18(9-11-19)17-29-20-5-2-1-3-6-20/h1-12H,13-17H2. The van der Waals surface area contributed by atoms with Gasteiger partial charge >= 0.3 is 0 Å². The summed E-state index contributed by atoms with van der Waals surface area (Å²) in [4.78, 5) is 21.2. The number of halogens is 1. The minimum atomic E-state index is 0.0484. The summed E-state index contributed by atoms with van der Waals surface area (Å²) in [5, 5.41) is 0.639. The molecule has 5 nitrogen and oxygen atoms in total. The first-order valence-electron chi connectivity index (χ1n) is 9.62. The van der Waals surface area contributed by atoms with Crippen LogP contribution in [0.5, 0.6) is 5.75 Å². The van der Waals surface area contributed by atoms with Gasteiger partial charge in [-0.1, -0.05) is 41.9 Å². The normalized spacial score (nSPS) is 14.0. The van der Waals surface area contributed by atoms with E-state index < -0.39 is 0 Å². The van der Waals surface area contributed by atoms with E-state index in [-0.39, 0.29) is 5.91 Å². The monoisotopic (exact) mass is 407 g/mol. The zero-order valence-electron chi connectivity index (χ0n) is 16.0.